The van der Waals surface area contributed by atoms with E-state index in [0.29, 0.717) is 11.5 Å². The molecule has 0 spiro atoms. The summed E-state index contributed by atoms with van der Waals surface area (Å²) in [5, 5.41) is 2.89. The Morgan fingerprint density at radius 3 is 2.81 bits per heavy atom. The minimum absolute atomic E-state index is 0.0319. The molecule has 0 saturated heterocycles. The van der Waals surface area contributed by atoms with Crippen LogP contribution in [0.5, 0.6) is 0 Å². The van der Waals surface area contributed by atoms with Gasteiger partial charge in [0.25, 0.3) is 5.91 Å². The molecular formula is C15H18N2O3S. The van der Waals surface area contributed by atoms with E-state index in [9.17, 15) is 13.2 Å². The molecular weight excluding hydrogens is 288 g/mol. The first kappa shape index (κ1) is 15.5. The Bertz CT molecular complexity index is 672. The number of sulfonamides is 1. The highest BCUT2D eigenvalue weighted by atomic mass is 32.2. The molecule has 1 amide bonds. The summed E-state index contributed by atoms with van der Waals surface area (Å²) in [4.78, 5) is 12.2. The van der Waals surface area contributed by atoms with Crippen LogP contribution in [0.25, 0.3) is 0 Å². The van der Waals surface area contributed by atoms with Crippen molar-refractivity contribution in [2.24, 2.45) is 5.92 Å². The van der Waals surface area contributed by atoms with Gasteiger partial charge >= 0.3 is 0 Å². The molecule has 0 aliphatic heterocycles. The zero-order valence-corrected chi connectivity index (χ0v) is 12.6. The third-order valence-corrected chi connectivity index (χ3v) is 4.86. The molecule has 1 atom stereocenters. The zero-order chi connectivity index (χ0) is 15.5. The lowest BCUT2D eigenvalue weighted by Crippen LogP contribution is -2.34. The third-order valence-electron chi connectivity index (χ3n) is 3.46. The summed E-state index contributed by atoms with van der Waals surface area (Å²) in [5.41, 5.74) is 0.325. The van der Waals surface area contributed by atoms with Crippen LogP contribution in [0.3, 0.4) is 0 Å². The summed E-state index contributed by atoms with van der Waals surface area (Å²) in [7, 11) is -3.68. The Hall–Kier alpha value is -1.84. The fourth-order valence-corrected chi connectivity index (χ4v) is 3.01. The first-order valence-electron chi connectivity index (χ1n) is 6.78. The first-order valence-corrected chi connectivity index (χ1v) is 8.26. The highest BCUT2D eigenvalue weighted by Crippen LogP contribution is 2.32. The third kappa shape index (κ3) is 4.06. The number of nitrogens with one attached hydrogen (secondary N) is 2. The maximum absolute atomic E-state index is 12.1. The van der Waals surface area contributed by atoms with E-state index in [0.717, 1.165) is 12.8 Å². The van der Waals surface area contributed by atoms with Crippen LogP contribution in [0.4, 0.5) is 0 Å². The molecule has 2 N–H and O–H groups in total. The number of terminal acetylenes is 1. The molecule has 1 unspecified atom stereocenters. The molecule has 0 heterocycles. The second kappa shape index (κ2) is 6.29. The maximum Gasteiger partial charge on any atom is 0.251 e. The largest absolute Gasteiger partial charge is 0.349 e. The number of hydrogen-bond donors (Lipinski definition) is 2. The van der Waals surface area contributed by atoms with Crippen LogP contribution in [-0.2, 0) is 10.0 Å². The van der Waals surface area contributed by atoms with Gasteiger partial charge in [-0.3, -0.25) is 4.79 Å². The molecule has 1 aliphatic carbocycles. The molecule has 1 aliphatic rings. The quantitative estimate of drug-likeness (QED) is 0.774. The van der Waals surface area contributed by atoms with Gasteiger partial charge in [-0.1, -0.05) is 12.0 Å². The normalized spacial score (nSPS) is 16.0. The van der Waals surface area contributed by atoms with Gasteiger partial charge in [0, 0.05) is 11.6 Å². The molecule has 0 aromatic heterocycles. The van der Waals surface area contributed by atoms with Crippen molar-refractivity contribution in [3.63, 3.8) is 0 Å². The van der Waals surface area contributed by atoms with Crippen LogP contribution in [0.1, 0.15) is 30.1 Å². The second-order valence-electron chi connectivity index (χ2n) is 5.16. The van der Waals surface area contributed by atoms with E-state index >= 15 is 0 Å². The molecule has 1 aromatic rings. The van der Waals surface area contributed by atoms with Gasteiger partial charge in [-0.15, -0.1) is 6.42 Å². The summed E-state index contributed by atoms with van der Waals surface area (Å²) in [5.74, 6) is 2.49. The van der Waals surface area contributed by atoms with Crippen molar-refractivity contribution in [2.75, 3.05) is 6.54 Å². The minimum atomic E-state index is -3.68. The van der Waals surface area contributed by atoms with Gasteiger partial charge < -0.3 is 5.32 Å². The lowest BCUT2D eigenvalue weighted by Gasteiger charge is -2.13. The Labute approximate surface area is 125 Å². The summed E-state index contributed by atoms with van der Waals surface area (Å²) in [6, 6.07) is 6.03. The standard InChI is InChI=1S/C15H18N2O3S/c1-3-9-16-21(19,20)14-6-4-5-13(10-14)15(18)17-11(2)12-7-8-12/h1,4-6,10-12,16H,7-9H2,2H3,(H,17,18). The van der Waals surface area contributed by atoms with Gasteiger partial charge in [0.2, 0.25) is 10.0 Å². The van der Waals surface area contributed by atoms with Gasteiger partial charge in [-0.2, -0.15) is 4.72 Å². The summed E-state index contributed by atoms with van der Waals surface area (Å²) in [6.07, 6.45) is 7.30. The predicted molar refractivity (Wildman–Crippen MR) is 80.1 cm³/mol. The van der Waals surface area contributed by atoms with Crippen LogP contribution >= 0.6 is 0 Å². The van der Waals surface area contributed by atoms with Crippen LogP contribution in [-0.4, -0.2) is 26.9 Å². The average Bonchev–Trinajstić information content (AvgIpc) is 3.30. The van der Waals surface area contributed by atoms with E-state index in [1.807, 2.05) is 6.92 Å². The zero-order valence-electron chi connectivity index (χ0n) is 11.8. The number of carbonyl (C=O) groups is 1. The van der Waals surface area contributed by atoms with Crippen LogP contribution in [0, 0.1) is 18.3 Å². The molecule has 1 saturated carbocycles. The van der Waals surface area contributed by atoms with E-state index in [-0.39, 0.29) is 23.4 Å². The molecule has 5 nitrogen and oxygen atoms in total. The smallest absolute Gasteiger partial charge is 0.251 e. The number of rotatable bonds is 6. The fourth-order valence-electron chi connectivity index (χ4n) is 2.03. The van der Waals surface area contributed by atoms with E-state index in [1.54, 1.807) is 12.1 Å². The molecule has 0 radical (unpaired) electrons. The second-order valence-corrected chi connectivity index (χ2v) is 6.92. The Morgan fingerprint density at radius 1 is 1.48 bits per heavy atom. The van der Waals surface area contributed by atoms with Crippen molar-refractivity contribution >= 4 is 15.9 Å². The van der Waals surface area contributed by atoms with E-state index in [1.165, 1.54) is 12.1 Å². The van der Waals surface area contributed by atoms with Crippen LogP contribution < -0.4 is 10.0 Å². The topological polar surface area (TPSA) is 75.3 Å². The lowest BCUT2D eigenvalue weighted by atomic mass is 10.1. The molecule has 21 heavy (non-hydrogen) atoms. The maximum atomic E-state index is 12.1. The molecule has 112 valence electrons. The number of carbonyl (C=O) groups excluding carboxylic acids is 1. The van der Waals surface area contributed by atoms with Crippen LogP contribution in [0.15, 0.2) is 29.2 Å². The molecule has 2 rings (SSSR count). The molecule has 1 fully saturated rings. The highest BCUT2D eigenvalue weighted by Gasteiger charge is 2.29. The fraction of sp³-hybridized carbons (Fsp3) is 0.400. The van der Waals surface area contributed by atoms with Gasteiger partial charge in [0.15, 0.2) is 0 Å². The Kier molecular flexibility index (Phi) is 4.66. The number of hydrogen-bond acceptors (Lipinski definition) is 3. The van der Waals surface area contributed by atoms with Gasteiger partial charge in [0.1, 0.15) is 0 Å². The van der Waals surface area contributed by atoms with Crippen LogP contribution in [0.2, 0.25) is 0 Å². The highest BCUT2D eigenvalue weighted by molar-refractivity contribution is 7.89. The summed E-state index contributed by atoms with van der Waals surface area (Å²) >= 11 is 0. The van der Waals surface area contributed by atoms with Gasteiger partial charge in [0.05, 0.1) is 11.4 Å². The molecule has 1 aromatic carbocycles. The summed E-state index contributed by atoms with van der Waals surface area (Å²) < 4.78 is 26.2. The lowest BCUT2D eigenvalue weighted by molar-refractivity contribution is 0.0935. The average molecular weight is 306 g/mol. The summed E-state index contributed by atoms with van der Waals surface area (Å²) in [6.45, 7) is 1.88. The predicted octanol–water partition coefficient (Wildman–Crippen LogP) is 1.13. The van der Waals surface area contributed by atoms with Crippen molar-refractivity contribution in [3.8, 4) is 12.3 Å². The Morgan fingerprint density at radius 2 is 2.19 bits per heavy atom. The molecule has 0 bridgehead atoms. The SMILES string of the molecule is C#CCNS(=O)(=O)c1cccc(C(=O)NC(C)C2CC2)c1. The van der Waals surface area contributed by atoms with E-state index in [4.69, 9.17) is 6.42 Å². The monoisotopic (exact) mass is 306 g/mol. The van der Waals surface area contributed by atoms with Crippen molar-refractivity contribution in [3.05, 3.63) is 29.8 Å². The first-order chi connectivity index (χ1) is 9.94. The minimum Gasteiger partial charge on any atom is -0.349 e. The Balaban J connectivity index is 2.13. The number of amides is 1. The van der Waals surface area contributed by atoms with E-state index < -0.39 is 10.0 Å². The van der Waals surface area contributed by atoms with Crippen molar-refractivity contribution in [1.82, 2.24) is 10.0 Å². The van der Waals surface area contributed by atoms with Gasteiger partial charge in [-0.05, 0) is 43.9 Å². The van der Waals surface area contributed by atoms with Gasteiger partial charge in [-0.25, -0.2) is 8.42 Å². The van der Waals surface area contributed by atoms with E-state index in [2.05, 4.69) is 16.0 Å². The van der Waals surface area contributed by atoms with Crippen molar-refractivity contribution in [2.45, 2.75) is 30.7 Å². The van der Waals surface area contributed by atoms with Crippen molar-refractivity contribution < 1.29 is 13.2 Å². The van der Waals surface area contributed by atoms with Crippen molar-refractivity contribution in [1.29, 1.82) is 0 Å². The molecule has 6 heteroatoms. The number of benzene rings is 1.